The minimum Gasteiger partial charge on any atom is -0.337 e. The van der Waals surface area contributed by atoms with Crippen molar-refractivity contribution < 1.29 is 4.79 Å². The summed E-state index contributed by atoms with van der Waals surface area (Å²) in [5, 5.41) is 0. The van der Waals surface area contributed by atoms with E-state index in [1.165, 1.54) is 5.56 Å². The highest BCUT2D eigenvalue weighted by atomic mass is 35.5. The highest BCUT2D eigenvalue weighted by Crippen LogP contribution is 2.15. The number of piperazine rings is 1. The van der Waals surface area contributed by atoms with Crippen LogP contribution in [0.25, 0.3) is 0 Å². The van der Waals surface area contributed by atoms with Crippen molar-refractivity contribution in [1.82, 2.24) is 9.80 Å². The molecule has 1 saturated heterocycles. The Morgan fingerprint density at radius 3 is 2.45 bits per heavy atom. The summed E-state index contributed by atoms with van der Waals surface area (Å²) >= 11 is 0. The maximum atomic E-state index is 12.2. The lowest BCUT2D eigenvalue weighted by Gasteiger charge is -2.41. The minimum absolute atomic E-state index is 0. The number of halogens is 2. The standard InChI is InChI=1S/C16H25N3O.2ClH/c1-13(10-17)16(20)19-9-8-18(11-14(19)2)12-15-6-4-3-5-7-15;;/h3-7,13-14H,8-12,17H2,1-2H3;2*1H. The predicted molar refractivity (Wildman–Crippen MR) is 95.6 cm³/mol. The third-order valence-corrected chi connectivity index (χ3v) is 4.02. The van der Waals surface area contributed by atoms with Crippen LogP contribution >= 0.6 is 24.8 Å². The van der Waals surface area contributed by atoms with Crippen LogP contribution in [0.3, 0.4) is 0 Å². The third kappa shape index (κ3) is 5.43. The Morgan fingerprint density at radius 1 is 1.27 bits per heavy atom. The van der Waals surface area contributed by atoms with Crippen molar-refractivity contribution in [2.24, 2.45) is 11.7 Å². The van der Waals surface area contributed by atoms with Gasteiger partial charge in [-0.05, 0) is 12.5 Å². The third-order valence-electron chi connectivity index (χ3n) is 4.02. The lowest BCUT2D eigenvalue weighted by molar-refractivity contribution is -0.139. The number of rotatable bonds is 4. The highest BCUT2D eigenvalue weighted by molar-refractivity contribution is 5.85. The fraction of sp³-hybridized carbons (Fsp3) is 0.562. The number of carbonyl (C=O) groups is 1. The van der Waals surface area contributed by atoms with E-state index in [0.717, 1.165) is 26.2 Å². The summed E-state index contributed by atoms with van der Waals surface area (Å²) in [6.07, 6.45) is 0. The van der Waals surface area contributed by atoms with Crippen LogP contribution in [0.2, 0.25) is 0 Å². The van der Waals surface area contributed by atoms with Crippen LogP contribution in [-0.2, 0) is 11.3 Å². The molecule has 0 saturated carbocycles. The number of carbonyl (C=O) groups excluding carboxylic acids is 1. The van der Waals surface area contributed by atoms with Crippen molar-refractivity contribution in [3.63, 3.8) is 0 Å². The molecule has 126 valence electrons. The lowest BCUT2D eigenvalue weighted by Crippen LogP contribution is -2.55. The van der Waals surface area contributed by atoms with Gasteiger partial charge in [0.05, 0.1) is 0 Å². The Bertz CT molecular complexity index is 444. The van der Waals surface area contributed by atoms with Crippen molar-refractivity contribution in [2.75, 3.05) is 26.2 Å². The van der Waals surface area contributed by atoms with E-state index in [0.29, 0.717) is 6.54 Å². The maximum Gasteiger partial charge on any atom is 0.227 e. The summed E-state index contributed by atoms with van der Waals surface area (Å²) in [6.45, 7) is 8.08. The molecular weight excluding hydrogens is 321 g/mol. The molecule has 1 aromatic carbocycles. The number of amides is 1. The second-order valence-electron chi connectivity index (χ2n) is 5.74. The van der Waals surface area contributed by atoms with E-state index in [4.69, 9.17) is 5.73 Å². The van der Waals surface area contributed by atoms with Gasteiger partial charge in [-0.25, -0.2) is 0 Å². The topological polar surface area (TPSA) is 49.6 Å². The maximum absolute atomic E-state index is 12.2. The highest BCUT2D eigenvalue weighted by Gasteiger charge is 2.29. The SMILES string of the molecule is CC(CN)C(=O)N1CCN(Cc2ccccc2)CC1C.Cl.Cl. The molecule has 6 heteroatoms. The Hall–Kier alpha value is -0.810. The van der Waals surface area contributed by atoms with Crippen LogP contribution < -0.4 is 5.73 Å². The van der Waals surface area contributed by atoms with Gasteiger partial charge in [-0.1, -0.05) is 37.3 Å². The molecule has 0 radical (unpaired) electrons. The van der Waals surface area contributed by atoms with Gasteiger partial charge in [0, 0.05) is 44.7 Å². The van der Waals surface area contributed by atoms with E-state index in [9.17, 15) is 4.79 Å². The molecule has 4 nitrogen and oxygen atoms in total. The fourth-order valence-electron chi connectivity index (χ4n) is 2.73. The van der Waals surface area contributed by atoms with Crippen molar-refractivity contribution >= 4 is 30.7 Å². The quantitative estimate of drug-likeness (QED) is 0.907. The lowest BCUT2D eigenvalue weighted by atomic mass is 10.1. The van der Waals surface area contributed by atoms with Crippen molar-refractivity contribution in [3.05, 3.63) is 35.9 Å². The zero-order valence-electron chi connectivity index (χ0n) is 13.3. The first-order chi connectivity index (χ1) is 9.61. The summed E-state index contributed by atoms with van der Waals surface area (Å²) in [5.74, 6) is 0.123. The van der Waals surface area contributed by atoms with Crippen LogP contribution in [0.4, 0.5) is 0 Å². The molecule has 2 N–H and O–H groups in total. The monoisotopic (exact) mass is 347 g/mol. The van der Waals surface area contributed by atoms with Crippen molar-refractivity contribution in [2.45, 2.75) is 26.4 Å². The predicted octanol–water partition coefficient (Wildman–Crippen LogP) is 2.16. The van der Waals surface area contributed by atoms with Gasteiger partial charge in [-0.3, -0.25) is 9.69 Å². The summed E-state index contributed by atoms with van der Waals surface area (Å²) < 4.78 is 0. The minimum atomic E-state index is -0.0712. The molecule has 22 heavy (non-hydrogen) atoms. The number of nitrogens with zero attached hydrogens (tertiary/aromatic N) is 2. The Kier molecular flexibility index (Phi) is 9.69. The van der Waals surface area contributed by atoms with E-state index in [2.05, 4.69) is 36.1 Å². The van der Waals surface area contributed by atoms with E-state index < -0.39 is 0 Å². The first-order valence-electron chi connectivity index (χ1n) is 7.38. The zero-order valence-corrected chi connectivity index (χ0v) is 14.9. The second kappa shape index (κ2) is 10.1. The summed E-state index contributed by atoms with van der Waals surface area (Å²) in [5.41, 5.74) is 6.93. The average Bonchev–Trinajstić information content (AvgIpc) is 2.47. The second-order valence-corrected chi connectivity index (χ2v) is 5.74. The average molecular weight is 348 g/mol. The Morgan fingerprint density at radius 2 is 1.91 bits per heavy atom. The Labute approximate surface area is 145 Å². The zero-order chi connectivity index (χ0) is 14.5. The van der Waals surface area contributed by atoms with Crippen LogP contribution in [0, 0.1) is 5.92 Å². The molecule has 2 rings (SSSR count). The van der Waals surface area contributed by atoms with Gasteiger partial charge >= 0.3 is 0 Å². The number of hydrogen-bond donors (Lipinski definition) is 1. The largest absolute Gasteiger partial charge is 0.337 e. The van der Waals surface area contributed by atoms with Gasteiger partial charge in [0.25, 0.3) is 0 Å². The van der Waals surface area contributed by atoms with Crippen LogP contribution in [0.5, 0.6) is 0 Å². The molecule has 1 aliphatic rings. The Balaban J connectivity index is 0.00000220. The summed E-state index contributed by atoms with van der Waals surface area (Å²) in [6, 6.07) is 10.7. The molecule has 2 unspecified atom stereocenters. The van der Waals surface area contributed by atoms with E-state index >= 15 is 0 Å². The summed E-state index contributed by atoms with van der Waals surface area (Å²) in [7, 11) is 0. The van der Waals surface area contributed by atoms with Gasteiger partial charge in [0.2, 0.25) is 5.91 Å². The van der Waals surface area contributed by atoms with Gasteiger partial charge in [0.15, 0.2) is 0 Å². The van der Waals surface area contributed by atoms with Crippen LogP contribution in [-0.4, -0.2) is 47.9 Å². The summed E-state index contributed by atoms with van der Waals surface area (Å²) in [4.78, 5) is 16.6. The van der Waals surface area contributed by atoms with Gasteiger partial charge in [-0.15, -0.1) is 24.8 Å². The molecule has 1 amide bonds. The molecule has 0 spiro atoms. The first kappa shape index (κ1) is 21.2. The van der Waals surface area contributed by atoms with Gasteiger partial charge in [0.1, 0.15) is 0 Å². The van der Waals surface area contributed by atoms with Crippen molar-refractivity contribution in [1.29, 1.82) is 0 Å². The molecule has 0 aromatic heterocycles. The molecule has 2 atom stereocenters. The van der Waals surface area contributed by atoms with Crippen molar-refractivity contribution in [3.8, 4) is 0 Å². The molecule has 1 aromatic rings. The first-order valence-corrected chi connectivity index (χ1v) is 7.38. The van der Waals surface area contributed by atoms with E-state index in [1.807, 2.05) is 17.9 Å². The van der Waals surface area contributed by atoms with Gasteiger partial charge < -0.3 is 10.6 Å². The number of benzene rings is 1. The van der Waals surface area contributed by atoms with E-state index in [1.54, 1.807) is 0 Å². The fourth-order valence-corrected chi connectivity index (χ4v) is 2.73. The van der Waals surface area contributed by atoms with Crippen LogP contribution in [0.15, 0.2) is 30.3 Å². The molecule has 1 heterocycles. The normalized spacial score (nSPS) is 19.8. The van der Waals surface area contributed by atoms with Crippen LogP contribution in [0.1, 0.15) is 19.4 Å². The van der Waals surface area contributed by atoms with Gasteiger partial charge in [-0.2, -0.15) is 0 Å². The molecule has 1 fully saturated rings. The molecular formula is C16H27Cl2N3O. The number of hydrogen-bond acceptors (Lipinski definition) is 3. The molecule has 0 aliphatic carbocycles. The number of nitrogens with two attached hydrogens (primary N) is 1. The molecule has 1 aliphatic heterocycles. The molecule has 0 bridgehead atoms. The smallest absolute Gasteiger partial charge is 0.227 e. The van der Waals surface area contributed by atoms with E-state index in [-0.39, 0.29) is 42.7 Å².